The van der Waals surface area contributed by atoms with Crippen LogP contribution in [0.25, 0.3) is 5.69 Å². The van der Waals surface area contributed by atoms with Crippen molar-refractivity contribution in [2.75, 3.05) is 7.11 Å². The molecule has 0 bridgehead atoms. The minimum atomic E-state index is 0.406. The first kappa shape index (κ1) is 14.8. The van der Waals surface area contributed by atoms with E-state index in [4.69, 9.17) is 9.47 Å². The number of nitrogens with zero attached hydrogens (tertiary/aromatic N) is 3. The van der Waals surface area contributed by atoms with Crippen LogP contribution in [0.15, 0.2) is 48.7 Å². The number of aryl methyl sites for hydroxylation is 2. The first-order valence-corrected chi connectivity index (χ1v) is 8.12. The molecule has 0 atom stereocenters. The highest BCUT2D eigenvalue weighted by atomic mass is 16.5. The van der Waals surface area contributed by atoms with Crippen molar-refractivity contribution in [3.05, 3.63) is 65.5 Å². The molecule has 24 heavy (non-hydrogen) atoms. The van der Waals surface area contributed by atoms with Crippen LogP contribution in [-0.2, 0) is 19.4 Å². The van der Waals surface area contributed by atoms with Gasteiger partial charge >= 0.3 is 0 Å². The molecule has 5 heteroatoms. The Labute approximate surface area is 140 Å². The first-order valence-electron chi connectivity index (χ1n) is 8.12. The van der Waals surface area contributed by atoms with Crippen LogP contribution in [0, 0.1) is 0 Å². The third-order valence-corrected chi connectivity index (χ3v) is 4.32. The van der Waals surface area contributed by atoms with E-state index in [0.717, 1.165) is 29.3 Å². The number of ether oxygens (including phenoxy) is 2. The van der Waals surface area contributed by atoms with Gasteiger partial charge in [-0.2, -0.15) is 0 Å². The van der Waals surface area contributed by atoms with Gasteiger partial charge in [0, 0.05) is 6.07 Å². The minimum absolute atomic E-state index is 0.406. The van der Waals surface area contributed by atoms with Crippen LogP contribution >= 0.6 is 0 Å². The molecule has 1 aromatic heterocycles. The molecule has 0 aliphatic heterocycles. The lowest BCUT2D eigenvalue weighted by atomic mass is 10.1. The summed E-state index contributed by atoms with van der Waals surface area (Å²) in [6.45, 7) is 0.406. The van der Waals surface area contributed by atoms with Crippen LogP contribution in [0.1, 0.15) is 23.2 Å². The molecule has 0 N–H and O–H groups in total. The molecule has 0 saturated carbocycles. The van der Waals surface area contributed by atoms with Gasteiger partial charge < -0.3 is 9.47 Å². The van der Waals surface area contributed by atoms with Crippen LogP contribution in [0.4, 0.5) is 0 Å². The van der Waals surface area contributed by atoms with Crippen LogP contribution < -0.4 is 9.47 Å². The molecule has 4 rings (SSSR count). The summed E-state index contributed by atoms with van der Waals surface area (Å²) in [5.41, 5.74) is 4.56. The smallest absolute Gasteiger partial charge is 0.134 e. The Hall–Kier alpha value is -2.82. The zero-order chi connectivity index (χ0) is 16.4. The second kappa shape index (κ2) is 6.35. The van der Waals surface area contributed by atoms with Crippen molar-refractivity contribution in [1.29, 1.82) is 0 Å². The van der Waals surface area contributed by atoms with Gasteiger partial charge in [0.25, 0.3) is 0 Å². The van der Waals surface area contributed by atoms with E-state index in [1.807, 2.05) is 36.5 Å². The molecule has 1 heterocycles. The minimum Gasteiger partial charge on any atom is -0.497 e. The van der Waals surface area contributed by atoms with Crippen molar-refractivity contribution >= 4 is 0 Å². The van der Waals surface area contributed by atoms with Gasteiger partial charge in [0.1, 0.15) is 23.8 Å². The van der Waals surface area contributed by atoms with E-state index in [1.165, 1.54) is 24.0 Å². The van der Waals surface area contributed by atoms with E-state index < -0.39 is 0 Å². The van der Waals surface area contributed by atoms with Crippen molar-refractivity contribution in [3.8, 4) is 17.2 Å². The zero-order valence-corrected chi connectivity index (χ0v) is 13.6. The van der Waals surface area contributed by atoms with E-state index in [2.05, 4.69) is 22.4 Å². The van der Waals surface area contributed by atoms with Crippen molar-refractivity contribution < 1.29 is 9.47 Å². The van der Waals surface area contributed by atoms with Crippen LogP contribution in [-0.4, -0.2) is 22.1 Å². The maximum atomic E-state index is 5.87. The second-order valence-corrected chi connectivity index (χ2v) is 5.93. The van der Waals surface area contributed by atoms with Crippen molar-refractivity contribution in [2.24, 2.45) is 0 Å². The van der Waals surface area contributed by atoms with E-state index in [-0.39, 0.29) is 0 Å². The fourth-order valence-electron chi connectivity index (χ4n) is 3.04. The lowest BCUT2D eigenvalue weighted by molar-refractivity contribution is 0.301. The van der Waals surface area contributed by atoms with Crippen molar-refractivity contribution in [1.82, 2.24) is 15.0 Å². The van der Waals surface area contributed by atoms with Gasteiger partial charge in [-0.05, 0) is 54.7 Å². The van der Waals surface area contributed by atoms with Crippen LogP contribution in [0.2, 0.25) is 0 Å². The third-order valence-electron chi connectivity index (χ3n) is 4.32. The van der Waals surface area contributed by atoms with Gasteiger partial charge in [0.15, 0.2) is 0 Å². The Balaban J connectivity index is 1.45. The largest absolute Gasteiger partial charge is 0.497 e. The molecule has 0 radical (unpaired) electrons. The maximum absolute atomic E-state index is 5.87. The number of aromatic nitrogens is 3. The predicted molar refractivity (Wildman–Crippen MR) is 90.7 cm³/mol. The highest BCUT2D eigenvalue weighted by Crippen LogP contribution is 2.26. The summed E-state index contributed by atoms with van der Waals surface area (Å²) in [6.07, 6.45) is 5.46. The van der Waals surface area contributed by atoms with Gasteiger partial charge in [-0.25, -0.2) is 4.68 Å². The summed E-state index contributed by atoms with van der Waals surface area (Å²) in [6, 6.07) is 14.1. The number of fused-ring (bicyclic) bond motifs is 1. The molecule has 2 aromatic carbocycles. The first-order chi connectivity index (χ1) is 11.8. The molecule has 1 aliphatic rings. The number of methoxy groups -OCH3 is 1. The topological polar surface area (TPSA) is 49.2 Å². The summed E-state index contributed by atoms with van der Waals surface area (Å²) in [4.78, 5) is 0. The Morgan fingerprint density at radius 3 is 2.88 bits per heavy atom. The van der Waals surface area contributed by atoms with Crippen molar-refractivity contribution in [3.63, 3.8) is 0 Å². The number of benzene rings is 2. The Morgan fingerprint density at radius 2 is 1.96 bits per heavy atom. The highest BCUT2D eigenvalue weighted by Gasteiger charge is 2.11. The summed E-state index contributed by atoms with van der Waals surface area (Å²) in [5, 5.41) is 8.35. The molecule has 122 valence electrons. The quantitative estimate of drug-likeness (QED) is 0.723. The summed E-state index contributed by atoms with van der Waals surface area (Å²) < 4.78 is 12.8. The van der Waals surface area contributed by atoms with Gasteiger partial charge in [0.05, 0.1) is 19.0 Å². The molecule has 0 fully saturated rings. The SMILES string of the molecule is COc1cccc(-n2cc(COc3ccc4c(c3)CCC4)nn2)c1. The fraction of sp³-hybridized carbons (Fsp3) is 0.263. The molecule has 0 saturated heterocycles. The van der Waals surface area contributed by atoms with E-state index in [9.17, 15) is 0 Å². The molecule has 1 aliphatic carbocycles. The standard InChI is InChI=1S/C19H19N3O2/c1-23-18-7-3-6-17(11-18)22-12-16(20-21-22)13-24-19-9-8-14-4-2-5-15(14)10-19/h3,6-12H,2,4-5,13H2,1H3. The van der Waals surface area contributed by atoms with Gasteiger partial charge in [-0.1, -0.05) is 17.3 Å². The van der Waals surface area contributed by atoms with Crippen molar-refractivity contribution in [2.45, 2.75) is 25.9 Å². The highest BCUT2D eigenvalue weighted by molar-refractivity contribution is 5.39. The van der Waals surface area contributed by atoms with E-state index in [0.29, 0.717) is 6.61 Å². The number of hydrogen-bond donors (Lipinski definition) is 0. The lowest BCUT2D eigenvalue weighted by Gasteiger charge is -2.06. The normalized spacial score (nSPS) is 12.9. The number of rotatable bonds is 5. The Kier molecular flexibility index (Phi) is 3.91. The van der Waals surface area contributed by atoms with Crippen LogP contribution in [0.5, 0.6) is 11.5 Å². The molecule has 3 aromatic rings. The predicted octanol–water partition coefficient (Wildman–Crippen LogP) is 3.34. The molecular weight excluding hydrogens is 302 g/mol. The Morgan fingerprint density at radius 1 is 1.04 bits per heavy atom. The fourth-order valence-corrected chi connectivity index (χ4v) is 3.04. The van der Waals surface area contributed by atoms with Gasteiger partial charge in [-0.3, -0.25) is 0 Å². The molecule has 0 amide bonds. The summed E-state index contributed by atoms with van der Waals surface area (Å²) in [5.74, 6) is 1.69. The third kappa shape index (κ3) is 2.97. The number of hydrogen-bond acceptors (Lipinski definition) is 4. The summed E-state index contributed by atoms with van der Waals surface area (Å²) in [7, 11) is 1.65. The maximum Gasteiger partial charge on any atom is 0.134 e. The second-order valence-electron chi connectivity index (χ2n) is 5.93. The molecular formula is C19H19N3O2. The average molecular weight is 321 g/mol. The lowest BCUT2D eigenvalue weighted by Crippen LogP contribution is -1.97. The molecule has 0 unspecified atom stereocenters. The monoisotopic (exact) mass is 321 g/mol. The van der Waals surface area contributed by atoms with E-state index >= 15 is 0 Å². The van der Waals surface area contributed by atoms with E-state index in [1.54, 1.807) is 11.8 Å². The average Bonchev–Trinajstić information content (AvgIpc) is 3.28. The summed E-state index contributed by atoms with van der Waals surface area (Å²) >= 11 is 0. The van der Waals surface area contributed by atoms with Gasteiger partial charge in [0.2, 0.25) is 0 Å². The Bertz CT molecular complexity index is 857. The zero-order valence-electron chi connectivity index (χ0n) is 13.6. The van der Waals surface area contributed by atoms with Crippen LogP contribution in [0.3, 0.4) is 0 Å². The molecule has 5 nitrogen and oxygen atoms in total. The molecule has 0 spiro atoms. The van der Waals surface area contributed by atoms with Gasteiger partial charge in [-0.15, -0.1) is 5.10 Å².